The monoisotopic (exact) mass is 460 g/mol. The minimum absolute atomic E-state index is 0.250. The molecule has 0 heterocycles. The Hall–Kier alpha value is -1.84. The molecule has 0 saturated heterocycles. The molecule has 4 nitrogen and oxygen atoms in total. The second-order valence-electron chi connectivity index (χ2n) is 10.1. The third kappa shape index (κ3) is 14.1. The van der Waals surface area contributed by atoms with Crippen LogP contribution in [-0.2, 0) is 16.0 Å². The highest BCUT2D eigenvalue weighted by Gasteiger charge is 2.18. The summed E-state index contributed by atoms with van der Waals surface area (Å²) in [4.78, 5) is 25.0. The second-order valence-corrected chi connectivity index (χ2v) is 10.1. The maximum atomic E-state index is 12.5. The predicted octanol–water partition coefficient (Wildman–Crippen LogP) is 8.44. The lowest BCUT2D eigenvalue weighted by atomic mass is 10.0. The van der Waals surface area contributed by atoms with Crippen molar-refractivity contribution in [3.8, 4) is 11.5 Å². The zero-order valence-electron chi connectivity index (χ0n) is 21.9. The van der Waals surface area contributed by atoms with Gasteiger partial charge in [0.25, 0.3) is 0 Å². The first-order chi connectivity index (χ1) is 15.8. The fraction of sp³-hybridized carbons (Fsp3) is 0.724. The topological polar surface area (TPSA) is 52.6 Å². The van der Waals surface area contributed by atoms with Crippen LogP contribution in [-0.4, -0.2) is 11.9 Å². The van der Waals surface area contributed by atoms with E-state index in [0.717, 1.165) is 50.5 Å². The van der Waals surface area contributed by atoms with Crippen LogP contribution in [0.3, 0.4) is 0 Å². The Morgan fingerprint density at radius 3 is 1.85 bits per heavy atom. The van der Waals surface area contributed by atoms with Crippen LogP contribution in [0.15, 0.2) is 18.2 Å². The van der Waals surface area contributed by atoms with E-state index in [2.05, 4.69) is 34.6 Å². The third-order valence-electron chi connectivity index (χ3n) is 5.87. The molecule has 4 heteroatoms. The number of hydrogen-bond donors (Lipinski definition) is 0. The number of rotatable bonds is 18. The van der Waals surface area contributed by atoms with Crippen molar-refractivity contribution < 1.29 is 19.1 Å². The van der Waals surface area contributed by atoms with Gasteiger partial charge >= 0.3 is 11.9 Å². The number of para-hydroxylation sites is 1. The van der Waals surface area contributed by atoms with E-state index in [1.54, 1.807) is 6.07 Å². The number of carbonyl (C=O) groups is 2. The Balaban J connectivity index is 2.78. The summed E-state index contributed by atoms with van der Waals surface area (Å²) in [6, 6.07) is 5.62. The summed E-state index contributed by atoms with van der Waals surface area (Å²) in [5.41, 5.74) is 0.952. The van der Waals surface area contributed by atoms with E-state index in [-0.39, 0.29) is 11.9 Å². The number of unbranched alkanes of at least 4 members (excludes halogenated alkanes) is 6. The molecule has 0 aliphatic rings. The quantitative estimate of drug-likeness (QED) is 0.125. The van der Waals surface area contributed by atoms with Gasteiger partial charge in [-0.1, -0.05) is 98.1 Å². The number of benzene rings is 1. The zero-order valence-corrected chi connectivity index (χ0v) is 21.9. The molecule has 0 bridgehead atoms. The van der Waals surface area contributed by atoms with Crippen molar-refractivity contribution in [1.82, 2.24) is 0 Å². The molecule has 0 atom stereocenters. The molecule has 0 aromatic heterocycles. The molecule has 188 valence electrons. The fourth-order valence-electron chi connectivity index (χ4n) is 3.87. The number of ether oxygens (including phenoxy) is 2. The minimum Gasteiger partial charge on any atom is -0.423 e. The Morgan fingerprint density at radius 1 is 0.727 bits per heavy atom. The largest absolute Gasteiger partial charge is 0.423 e. The molecule has 0 fully saturated rings. The van der Waals surface area contributed by atoms with Crippen LogP contribution >= 0.6 is 0 Å². The van der Waals surface area contributed by atoms with Crippen LogP contribution in [0.5, 0.6) is 11.5 Å². The molecule has 0 saturated carbocycles. The van der Waals surface area contributed by atoms with E-state index < -0.39 is 0 Å². The Kier molecular flexibility index (Phi) is 15.6. The smallest absolute Gasteiger partial charge is 0.311 e. The normalized spacial score (nSPS) is 11.2. The average molecular weight is 461 g/mol. The van der Waals surface area contributed by atoms with Gasteiger partial charge in [0.1, 0.15) is 0 Å². The van der Waals surface area contributed by atoms with E-state index in [1.165, 1.54) is 32.1 Å². The van der Waals surface area contributed by atoms with Crippen LogP contribution in [0.25, 0.3) is 0 Å². The van der Waals surface area contributed by atoms with Crippen LogP contribution in [0, 0.1) is 11.8 Å². The minimum atomic E-state index is -0.263. The molecule has 33 heavy (non-hydrogen) atoms. The lowest BCUT2D eigenvalue weighted by molar-refractivity contribution is -0.137. The van der Waals surface area contributed by atoms with Crippen LogP contribution in [0.2, 0.25) is 0 Å². The molecule has 0 aliphatic heterocycles. The number of esters is 2. The summed E-state index contributed by atoms with van der Waals surface area (Å²) in [6.45, 7) is 10.8. The van der Waals surface area contributed by atoms with E-state index in [1.807, 2.05) is 12.1 Å². The first-order valence-corrected chi connectivity index (χ1v) is 13.4. The summed E-state index contributed by atoms with van der Waals surface area (Å²) in [6.07, 6.45) is 13.7. The molecular formula is C29H48O4. The Labute approximate surface area is 202 Å². The van der Waals surface area contributed by atoms with Crippen molar-refractivity contribution in [2.75, 3.05) is 0 Å². The lowest BCUT2D eigenvalue weighted by Crippen LogP contribution is -2.13. The van der Waals surface area contributed by atoms with Gasteiger partial charge in [-0.3, -0.25) is 9.59 Å². The SMILES string of the molecule is CCCCCCCCCc1cccc(OC(=O)CCCC(C)C)c1OC(=O)CCCC(C)C. The van der Waals surface area contributed by atoms with Gasteiger partial charge in [0.2, 0.25) is 0 Å². The van der Waals surface area contributed by atoms with Crippen molar-refractivity contribution in [2.24, 2.45) is 11.8 Å². The molecule has 0 unspecified atom stereocenters. The molecule has 0 aliphatic carbocycles. The highest BCUT2D eigenvalue weighted by Crippen LogP contribution is 2.33. The average Bonchev–Trinajstić information content (AvgIpc) is 2.74. The predicted molar refractivity (Wildman–Crippen MR) is 137 cm³/mol. The molecule has 0 spiro atoms. The van der Waals surface area contributed by atoms with Crippen LogP contribution < -0.4 is 9.47 Å². The number of aryl methyl sites for hydroxylation is 1. The van der Waals surface area contributed by atoms with E-state index >= 15 is 0 Å². The van der Waals surface area contributed by atoms with Crippen molar-refractivity contribution >= 4 is 11.9 Å². The fourth-order valence-corrected chi connectivity index (χ4v) is 3.87. The molecular weight excluding hydrogens is 412 g/mol. The lowest BCUT2D eigenvalue weighted by Gasteiger charge is -2.15. The van der Waals surface area contributed by atoms with Gasteiger partial charge in [-0.05, 0) is 49.1 Å². The van der Waals surface area contributed by atoms with Crippen molar-refractivity contribution in [2.45, 2.75) is 125 Å². The zero-order chi connectivity index (χ0) is 24.5. The standard InChI is InChI=1S/C29H48O4/c1-6-7-8-9-10-11-12-18-25-19-15-20-26(32-27(30)21-13-16-23(2)3)29(25)33-28(31)22-14-17-24(4)5/h15,19-20,23-24H,6-14,16-18,21-22H2,1-5H3. The van der Waals surface area contributed by atoms with E-state index in [9.17, 15) is 9.59 Å². The molecule has 1 aromatic rings. The number of hydrogen-bond acceptors (Lipinski definition) is 4. The van der Waals surface area contributed by atoms with E-state index in [4.69, 9.17) is 9.47 Å². The van der Waals surface area contributed by atoms with Gasteiger partial charge < -0.3 is 9.47 Å². The highest BCUT2D eigenvalue weighted by atomic mass is 16.6. The second kappa shape index (κ2) is 17.6. The summed E-state index contributed by atoms with van der Waals surface area (Å²) in [7, 11) is 0. The molecule has 1 aromatic carbocycles. The van der Waals surface area contributed by atoms with Gasteiger partial charge in [-0.2, -0.15) is 0 Å². The molecule has 0 amide bonds. The molecule has 1 rings (SSSR count). The maximum Gasteiger partial charge on any atom is 0.311 e. The van der Waals surface area contributed by atoms with Crippen molar-refractivity contribution in [1.29, 1.82) is 0 Å². The highest BCUT2D eigenvalue weighted by molar-refractivity contribution is 5.76. The molecule has 0 radical (unpaired) electrons. The van der Waals surface area contributed by atoms with Crippen molar-refractivity contribution in [3.63, 3.8) is 0 Å². The maximum absolute atomic E-state index is 12.5. The third-order valence-corrected chi connectivity index (χ3v) is 5.87. The number of carbonyl (C=O) groups excluding carboxylic acids is 2. The summed E-state index contributed by atoms with van der Waals surface area (Å²) >= 11 is 0. The Bertz CT molecular complexity index is 678. The first kappa shape index (κ1) is 29.2. The van der Waals surface area contributed by atoms with Gasteiger partial charge in [0.15, 0.2) is 11.5 Å². The van der Waals surface area contributed by atoms with Crippen molar-refractivity contribution in [3.05, 3.63) is 23.8 Å². The van der Waals surface area contributed by atoms with Gasteiger partial charge in [-0.15, -0.1) is 0 Å². The summed E-state index contributed by atoms with van der Waals surface area (Å²) in [5.74, 6) is 1.42. The van der Waals surface area contributed by atoms with Crippen LogP contribution in [0.4, 0.5) is 0 Å². The summed E-state index contributed by atoms with van der Waals surface area (Å²) in [5, 5.41) is 0. The van der Waals surface area contributed by atoms with Gasteiger partial charge in [0.05, 0.1) is 0 Å². The molecule has 0 N–H and O–H groups in total. The first-order valence-electron chi connectivity index (χ1n) is 13.4. The van der Waals surface area contributed by atoms with Gasteiger partial charge in [-0.25, -0.2) is 0 Å². The van der Waals surface area contributed by atoms with Gasteiger partial charge in [0, 0.05) is 12.8 Å². The summed E-state index contributed by atoms with van der Waals surface area (Å²) < 4.78 is 11.5. The van der Waals surface area contributed by atoms with Crippen LogP contribution in [0.1, 0.15) is 124 Å². The Morgan fingerprint density at radius 2 is 1.27 bits per heavy atom. The van der Waals surface area contributed by atoms with E-state index in [0.29, 0.717) is 36.2 Å².